The van der Waals surface area contributed by atoms with Crippen molar-refractivity contribution in [3.8, 4) is 6.07 Å². The first-order chi connectivity index (χ1) is 7.90. The smallest absolute Gasteiger partial charge is 0.147 e. The van der Waals surface area contributed by atoms with Gasteiger partial charge in [-0.05, 0) is 18.6 Å². The van der Waals surface area contributed by atoms with Gasteiger partial charge in [0, 0.05) is 12.8 Å². The zero-order valence-corrected chi connectivity index (χ0v) is 10.8. The van der Waals surface area contributed by atoms with Crippen LogP contribution in [0.2, 0.25) is 5.15 Å². The Hall–Kier alpha value is -1.32. The molecule has 1 rings (SSSR count). The first-order valence-corrected chi connectivity index (χ1v) is 7.34. The number of nitrogens with one attached hydrogen (secondary N) is 1. The van der Waals surface area contributed by atoms with Gasteiger partial charge in [-0.2, -0.15) is 5.26 Å². The van der Waals surface area contributed by atoms with Crippen LogP contribution < -0.4 is 5.32 Å². The highest BCUT2D eigenvalue weighted by Gasteiger charge is 2.03. The Morgan fingerprint density at radius 1 is 1.53 bits per heavy atom. The van der Waals surface area contributed by atoms with Crippen molar-refractivity contribution in [2.75, 3.05) is 23.9 Å². The highest BCUT2D eigenvalue weighted by atomic mass is 35.5. The van der Waals surface area contributed by atoms with Crippen LogP contribution >= 0.6 is 11.6 Å². The topological polar surface area (TPSA) is 82.9 Å². The van der Waals surface area contributed by atoms with E-state index in [2.05, 4.69) is 10.3 Å². The van der Waals surface area contributed by atoms with E-state index in [0.29, 0.717) is 24.3 Å². The van der Waals surface area contributed by atoms with Crippen LogP contribution in [0.1, 0.15) is 12.0 Å². The number of hydrogen-bond donors (Lipinski definition) is 1. The van der Waals surface area contributed by atoms with E-state index in [-0.39, 0.29) is 10.9 Å². The van der Waals surface area contributed by atoms with Gasteiger partial charge in [-0.25, -0.2) is 13.4 Å². The molecule has 17 heavy (non-hydrogen) atoms. The number of halogens is 1. The number of hydrogen-bond acceptors (Lipinski definition) is 5. The summed E-state index contributed by atoms with van der Waals surface area (Å²) in [5, 5.41) is 11.9. The maximum Gasteiger partial charge on any atom is 0.147 e. The van der Waals surface area contributed by atoms with Crippen molar-refractivity contribution in [1.82, 2.24) is 4.98 Å². The monoisotopic (exact) mass is 273 g/mol. The minimum absolute atomic E-state index is 0.117. The van der Waals surface area contributed by atoms with E-state index in [1.54, 1.807) is 6.07 Å². The SMILES string of the molecule is CS(=O)(=O)CCCNc1cc(C#N)cc(Cl)n1. The molecule has 1 heterocycles. The number of nitriles is 1. The van der Waals surface area contributed by atoms with Crippen molar-refractivity contribution in [3.05, 3.63) is 22.8 Å². The molecular weight excluding hydrogens is 262 g/mol. The summed E-state index contributed by atoms with van der Waals surface area (Å²) in [5.74, 6) is 0.591. The largest absolute Gasteiger partial charge is 0.370 e. The molecule has 7 heteroatoms. The fraction of sp³-hybridized carbons (Fsp3) is 0.400. The van der Waals surface area contributed by atoms with Gasteiger partial charge in [0.2, 0.25) is 0 Å². The molecule has 5 nitrogen and oxygen atoms in total. The molecule has 0 aliphatic carbocycles. The summed E-state index contributed by atoms with van der Waals surface area (Å²) < 4.78 is 21.8. The van der Waals surface area contributed by atoms with Crippen molar-refractivity contribution in [3.63, 3.8) is 0 Å². The molecule has 0 bridgehead atoms. The average Bonchev–Trinajstić information content (AvgIpc) is 2.22. The Bertz CT molecular complexity index is 537. The minimum atomic E-state index is -2.94. The lowest BCUT2D eigenvalue weighted by Gasteiger charge is -2.05. The van der Waals surface area contributed by atoms with Crippen LogP contribution in [0.25, 0.3) is 0 Å². The summed E-state index contributed by atoms with van der Waals surface area (Å²) in [6.45, 7) is 0.464. The number of nitrogens with zero attached hydrogens (tertiary/aromatic N) is 2. The molecule has 1 aromatic rings. The Labute approximate surface area is 105 Å². The van der Waals surface area contributed by atoms with Crippen LogP contribution in [0.5, 0.6) is 0 Å². The van der Waals surface area contributed by atoms with E-state index in [4.69, 9.17) is 16.9 Å². The summed E-state index contributed by atoms with van der Waals surface area (Å²) in [5.41, 5.74) is 0.413. The van der Waals surface area contributed by atoms with E-state index in [1.165, 1.54) is 12.3 Å². The first kappa shape index (κ1) is 13.7. The van der Waals surface area contributed by atoms with Crippen LogP contribution in [0, 0.1) is 11.3 Å². The van der Waals surface area contributed by atoms with E-state index in [0.717, 1.165) is 0 Å². The fourth-order valence-corrected chi connectivity index (χ4v) is 2.08. The number of sulfone groups is 1. The molecule has 0 saturated carbocycles. The standard InChI is InChI=1S/C10H12ClN3O2S/c1-17(15,16)4-2-3-13-10-6-8(7-12)5-9(11)14-10/h5-6H,2-4H2,1H3,(H,13,14). The molecule has 0 amide bonds. The lowest BCUT2D eigenvalue weighted by Crippen LogP contribution is -2.10. The van der Waals surface area contributed by atoms with Crippen LogP contribution in [0.4, 0.5) is 5.82 Å². The highest BCUT2D eigenvalue weighted by molar-refractivity contribution is 7.90. The van der Waals surface area contributed by atoms with Crippen LogP contribution in [0.3, 0.4) is 0 Å². The van der Waals surface area contributed by atoms with Crippen molar-refractivity contribution < 1.29 is 8.42 Å². The van der Waals surface area contributed by atoms with E-state index < -0.39 is 9.84 Å². The molecule has 0 radical (unpaired) electrons. The predicted molar refractivity (Wildman–Crippen MR) is 66.8 cm³/mol. The third-order valence-electron chi connectivity index (χ3n) is 1.92. The molecule has 92 valence electrons. The van der Waals surface area contributed by atoms with Gasteiger partial charge >= 0.3 is 0 Å². The Morgan fingerprint density at radius 2 is 2.24 bits per heavy atom. The van der Waals surface area contributed by atoms with Gasteiger partial charge in [-0.1, -0.05) is 11.6 Å². The van der Waals surface area contributed by atoms with Crippen molar-refractivity contribution >= 4 is 27.3 Å². The first-order valence-electron chi connectivity index (χ1n) is 4.90. The molecule has 0 spiro atoms. The average molecular weight is 274 g/mol. The molecule has 0 saturated heterocycles. The molecule has 0 fully saturated rings. The number of rotatable bonds is 5. The summed E-state index contributed by atoms with van der Waals surface area (Å²) in [7, 11) is -2.94. The van der Waals surface area contributed by atoms with Crippen LogP contribution in [-0.4, -0.2) is 32.0 Å². The van der Waals surface area contributed by atoms with Gasteiger partial charge in [0.1, 0.15) is 20.8 Å². The second-order valence-corrected chi connectivity index (χ2v) is 6.23. The Balaban J connectivity index is 2.53. The predicted octanol–water partition coefficient (Wildman–Crippen LogP) is 1.45. The van der Waals surface area contributed by atoms with E-state index >= 15 is 0 Å². The second kappa shape index (κ2) is 5.84. The molecule has 0 aromatic carbocycles. The van der Waals surface area contributed by atoms with Gasteiger partial charge < -0.3 is 5.32 Å². The third kappa shape index (κ3) is 5.52. The molecule has 0 unspecified atom stereocenters. The Kier molecular flexibility index (Phi) is 4.73. The van der Waals surface area contributed by atoms with Crippen molar-refractivity contribution in [2.24, 2.45) is 0 Å². The number of pyridine rings is 1. The summed E-state index contributed by atoms with van der Waals surface area (Å²) in [4.78, 5) is 3.97. The van der Waals surface area contributed by atoms with Gasteiger partial charge in [-0.3, -0.25) is 0 Å². The van der Waals surface area contributed by atoms with Crippen LogP contribution in [0.15, 0.2) is 12.1 Å². The molecule has 0 aliphatic rings. The molecule has 0 atom stereocenters. The normalized spacial score (nSPS) is 10.9. The van der Waals surface area contributed by atoms with E-state index in [9.17, 15) is 8.42 Å². The lowest BCUT2D eigenvalue weighted by molar-refractivity contribution is 0.600. The Morgan fingerprint density at radius 3 is 2.82 bits per heavy atom. The van der Waals surface area contributed by atoms with Crippen molar-refractivity contribution in [2.45, 2.75) is 6.42 Å². The zero-order chi connectivity index (χ0) is 12.9. The van der Waals surface area contributed by atoms with Gasteiger partial charge in [-0.15, -0.1) is 0 Å². The quantitative estimate of drug-likeness (QED) is 0.649. The summed E-state index contributed by atoms with van der Waals surface area (Å²) >= 11 is 5.72. The maximum atomic E-state index is 10.9. The lowest BCUT2D eigenvalue weighted by atomic mass is 10.3. The molecular formula is C10H12ClN3O2S. The van der Waals surface area contributed by atoms with Gasteiger partial charge in [0.05, 0.1) is 17.4 Å². The minimum Gasteiger partial charge on any atom is -0.370 e. The number of anilines is 1. The summed E-state index contributed by atoms with van der Waals surface area (Å²) in [6, 6.07) is 4.99. The van der Waals surface area contributed by atoms with Gasteiger partial charge in [0.25, 0.3) is 0 Å². The number of aromatic nitrogens is 1. The molecule has 0 aliphatic heterocycles. The fourth-order valence-electron chi connectivity index (χ4n) is 1.20. The third-order valence-corrected chi connectivity index (χ3v) is 3.15. The zero-order valence-electron chi connectivity index (χ0n) is 9.27. The van der Waals surface area contributed by atoms with Crippen LogP contribution in [-0.2, 0) is 9.84 Å². The molecule has 1 N–H and O–H groups in total. The van der Waals surface area contributed by atoms with Crippen molar-refractivity contribution in [1.29, 1.82) is 5.26 Å². The maximum absolute atomic E-state index is 10.9. The molecule has 1 aromatic heterocycles. The second-order valence-electron chi connectivity index (χ2n) is 3.59. The van der Waals surface area contributed by atoms with Gasteiger partial charge in [0.15, 0.2) is 0 Å². The highest BCUT2D eigenvalue weighted by Crippen LogP contribution is 2.13. The summed E-state index contributed by atoms with van der Waals surface area (Å²) in [6.07, 6.45) is 1.67. The van der Waals surface area contributed by atoms with E-state index in [1.807, 2.05) is 6.07 Å².